The molecule has 0 aromatic rings. The van der Waals surface area contributed by atoms with Crippen molar-refractivity contribution in [1.29, 1.82) is 0 Å². The van der Waals surface area contributed by atoms with E-state index in [-0.39, 0.29) is 11.9 Å². The maximum atomic E-state index is 11.6. The molecule has 1 amide bonds. The molecule has 0 aliphatic rings. The first-order valence-electron chi connectivity index (χ1n) is 5.56. The Morgan fingerprint density at radius 2 is 2.07 bits per heavy atom. The van der Waals surface area contributed by atoms with Gasteiger partial charge >= 0.3 is 0 Å². The second-order valence-electron chi connectivity index (χ2n) is 4.12. The first-order chi connectivity index (χ1) is 6.99. The summed E-state index contributed by atoms with van der Waals surface area (Å²) in [7, 11) is 1.79. The van der Waals surface area contributed by atoms with Gasteiger partial charge in [-0.25, -0.2) is 0 Å². The Morgan fingerprint density at radius 3 is 2.53 bits per heavy atom. The average molecular weight is 216 g/mol. The molecular weight excluding hydrogens is 192 g/mol. The Bertz CT molecular complexity index is 183. The Morgan fingerprint density at radius 1 is 1.47 bits per heavy atom. The Balaban J connectivity index is 3.78. The molecule has 4 nitrogen and oxygen atoms in total. The summed E-state index contributed by atoms with van der Waals surface area (Å²) in [5, 5.41) is 0. The Labute approximate surface area is 92.8 Å². The van der Waals surface area contributed by atoms with Crippen LogP contribution in [0.4, 0.5) is 0 Å². The number of hydrogen-bond donors (Lipinski definition) is 1. The quantitative estimate of drug-likeness (QED) is 0.642. The highest BCUT2D eigenvalue weighted by Gasteiger charge is 2.15. The molecule has 4 heteroatoms. The maximum Gasteiger partial charge on any atom is 0.223 e. The number of rotatable bonds is 7. The highest BCUT2D eigenvalue weighted by molar-refractivity contribution is 5.76. The topological polar surface area (TPSA) is 55.6 Å². The first kappa shape index (κ1) is 14.4. The molecule has 0 rings (SSSR count). The second kappa shape index (κ2) is 7.65. The van der Waals surface area contributed by atoms with Crippen molar-refractivity contribution in [2.45, 2.75) is 33.2 Å². The van der Waals surface area contributed by atoms with Gasteiger partial charge in [0, 0.05) is 32.7 Å². The first-order valence-corrected chi connectivity index (χ1v) is 5.56. The standard InChI is InChI=1S/C11H24N2O2/c1-5-15-7-6-13(4)11(14)8-10(12)9(2)3/h9-10H,5-8,12H2,1-4H3. The van der Waals surface area contributed by atoms with E-state index in [1.807, 2.05) is 20.8 Å². The number of ether oxygens (including phenoxy) is 1. The maximum absolute atomic E-state index is 11.6. The molecule has 0 saturated heterocycles. The molecular formula is C11H24N2O2. The lowest BCUT2D eigenvalue weighted by molar-refractivity contribution is -0.131. The number of amides is 1. The zero-order chi connectivity index (χ0) is 11.8. The molecule has 0 aromatic heterocycles. The van der Waals surface area contributed by atoms with E-state index in [1.165, 1.54) is 0 Å². The van der Waals surface area contributed by atoms with Crippen molar-refractivity contribution in [2.24, 2.45) is 11.7 Å². The molecule has 0 aromatic carbocycles. The molecule has 0 aliphatic heterocycles. The van der Waals surface area contributed by atoms with Crippen LogP contribution in [0, 0.1) is 5.92 Å². The van der Waals surface area contributed by atoms with Gasteiger partial charge in [0.05, 0.1) is 6.61 Å². The van der Waals surface area contributed by atoms with Crippen molar-refractivity contribution < 1.29 is 9.53 Å². The summed E-state index contributed by atoms with van der Waals surface area (Å²) < 4.78 is 5.18. The molecule has 1 unspecified atom stereocenters. The fraction of sp³-hybridized carbons (Fsp3) is 0.909. The van der Waals surface area contributed by atoms with Crippen LogP contribution in [-0.2, 0) is 9.53 Å². The second-order valence-corrected chi connectivity index (χ2v) is 4.12. The van der Waals surface area contributed by atoms with Crippen LogP contribution >= 0.6 is 0 Å². The Hall–Kier alpha value is -0.610. The van der Waals surface area contributed by atoms with Crippen LogP contribution in [0.1, 0.15) is 27.2 Å². The van der Waals surface area contributed by atoms with E-state index >= 15 is 0 Å². The van der Waals surface area contributed by atoms with Gasteiger partial charge in [0.25, 0.3) is 0 Å². The summed E-state index contributed by atoms with van der Waals surface area (Å²) in [6, 6.07) is -0.0490. The fourth-order valence-electron chi connectivity index (χ4n) is 1.06. The molecule has 0 aliphatic carbocycles. The van der Waals surface area contributed by atoms with Crippen LogP contribution in [0.3, 0.4) is 0 Å². The third kappa shape index (κ3) is 6.47. The predicted molar refractivity (Wildman–Crippen MR) is 61.6 cm³/mol. The zero-order valence-corrected chi connectivity index (χ0v) is 10.3. The largest absolute Gasteiger partial charge is 0.380 e. The summed E-state index contributed by atoms with van der Waals surface area (Å²) in [6.45, 7) is 7.91. The van der Waals surface area contributed by atoms with E-state index in [2.05, 4.69) is 0 Å². The minimum absolute atomic E-state index is 0.0490. The summed E-state index contributed by atoms with van der Waals surface area (Å²) in [5.41, 5.74) is 5.83. The molecule has 15 heavy (non-hydrogen) atoms. The number of nitrogens with two attached hydrogens (primary N) is 1. The van der Waals surface area contributed by atoms with Crippen molar-refractivity contribution in [3.63, 3.8) is 0 Å². The van der Waals surface area contributed by atoms with Crippen LogP contribution in [0.25, 0.3) is 0 Å². The molecule has 0 fully saturated rings. The van der Waals surface area contributed by atoms with Crippen molar-refractivity contribution in [3.05, 3.63) is 0 Å². The lowest BCUT2D eigenvalue weighted by Crippen LogP contribution is -2.37. The summed E-state index contributed by atoms with van der Waals surface area (Å²) >= 11 is 0. The van der Waals surface area contributed by atoms with E-state index in [1.54, 1.807) is 11.9 Å². The van der Waals surface area contributed by atoms with Crippen LogP contribution in [0.15, 0.2) is 0 Å². The molecule has 0 bridgehead atoms. The van der Waals surface area contributed by atoms with Crippen molar-refractivity contribution in [3.8, 4) is 0 Å². The fourth-order valence-corrected chi connectivity index (χ4v) is 1.06. The van der Waals surface area contributed by atoms with Gasteiger partial charge in [0.1, 0.15) is 0 Å². The van der Waals surface area contributed by atoms with Gasteiger partial charge in [-0.3, -0.25) is 4.79 Å². The molecule has 2 N–H and O–H groups in total. The summed E-state index contributed by atoms with van der Waals surface area (Å²) in [4.78, 5) is 13.3. The number of carbonyl (C=O) groups is 1. The van der Waals surface area contributed by atoms with Crippen molar-refractivity contribution in [1.82, 2.24) is 4.90 Å². The number of nitrogens with zero attached hydrogens (tertiary/aromatic N) is 1. The van der Waals surface area contributed by atoms with Gasteiger partial charge in [0.2, 0.25) is 5.91 Å². The van der Waals surface area contributed by atoms with Gasteiger partial charge in [-0.05, 0) is 12.8 Å². The SMILES string of the molecule is CCOCCN(C)C(=O)CC(N)C(C)C. The van der Waals surface area contributed by atoms with Crippen molar-refractivity contribution in [2.75, 3.05) is 26.8 Å². The summed E-state index contributed by atoms with van der Waals surface area (Å²) in [6.07, 6.45) is 0.417. The highest BCUT2D eigenvalue weighted by atomic mass is 16.5. The van der Waals surface area contributed by atoms with Crippen molar-refractivity contribution >= 4 is 5.91 Å². The normalized spacial score (nSPS) is 12.9. The van der Waals surface area contributed by atoms with E-state index in [0.29, 0.717) is 32.1 Å². The van der Waals surface area contributed by atoms with E-state index in [9.17, 15) is 4.79 Å². The zero-order valence-electron chi connectivity index (χ0n) is 10.3. The predicted octanol–water partition coefficient (Wildman–Crippen LogP) is 0.855. The lowest BCUT2D eigenvalue weighted by Gasteiger charge is -2.21. The van der Waals surface area contributed by atoms with Crippen LogP contribution < -0.4 is 5.73 Å². The van der Waals surface area contributed by atoms with Gasteiger partial charge in [-0.15, -0.1) is 0 Å². The molecule has 0 heterocycles. The highest BCUT2D eigenvalue weighted by Crippen LogP contribution is 2.04. The smallest absolute Gasteiger partial charge is 0.223 e. The monoisotopic (exact) mass is 216 g/mol. The van der Waals surface area contributed by atoms with Gasteiger partial charge < -0.3 is 15.4 Å². The van der Waals surface area contributed by atoms with Crippen LogP contribution in [0.2, 0.25) is 0 Å². The minimum atomic E-state index is -0.0490. The average Bonchev–Trinajstić information content (AvgIpc) is 2.17. The summed E-state index contributed by atoms with van der Waals surface area (Å²) in [5.74, 6) is 0.435. The van der Waals surface area contributed by atoms with Gasteiger partial charge in [0.15, 0.2) is 0 Å². The van der Waals surface area contributed by atoms with Gasteiger partial charge in [-0.2, -0.15) is 0 Å². The molecule has 0 spiro atoms. The molecule has 0 radical (unpaired) electrons. The van der Waals surface area contributed by atoms with Crippen LogP contribution in [-0.4, -0.2) is 43.7 Å². The molecule has 1 atom stereocenters. The van der Waals surface area contributed by atoms with Crippen LogP contribution in [0.5, 0.6) is 0 Å². The number of hydrogen-bond acceptors (Lipinski definition) is 3. The lowest BCUT2D eigenvalue weighted by atomic mass is 10.0. The minimum Gasteiger partial charge on any atom is -0.380 e. The van der Waals surface area contributed by atoms with E-state index in [0.717, 1.165) is 0 Å². The molecule has 90 valence electrons. The van der Waals surface area contributed by atoms with E-state index in [4.69, 9.17) is 10.5 Å². The Kier molecular flexibility index (Phi) is 7.34. The van der Waals surface area contributed by atoms with Gasteiger partial charge in [-0.1, -0.05) is 13.8 Å². The third-order valence-corrected chi connectivity index (χ3v) is 2.47. The number of likely N-dealkylation sites (N-methyl/N-ethyl adjacent to an activating group) is 1. The third-order valence-electron chi connectivity index (χ3n) is 2.47. The molecule has 0 saturated carbocycles. The van der Waals surface area contributed by atoms with E-state index < -0.39 is 0 Å². The number of carbonyl (C=O) groups excluding carboxylic acids is 1.